The van der Waals surface area contributed by atoms with E-state index in [-0.39, 0.29) is 5.56 Å². The topological polar surface area (TPSA) is 64.8 Å². The Kier molecular flexibility index (Phi) is 5.14. The maximum Gasteiger partial charge on any atom is 0.256 e. The molecule has 4 rings (SSSR count). The minimum atomic E-state index is -0.109. The summed E-state index contributed by atoms with van der Waals surface area (Å²) in [5, 5.41) is 1.01. The monoisotopic (exact) mass is 418 g/mol. The summed E-state index contributed by atoms with van der Waals surface area (Å²) in [6, 6.07) is 9.47. The Labute approximate surface area is 171 Å². The van der Waals surface area contributed by atoms with Gasteiger partial charge in [-0.25, -0.2) is 0 Å². The summed E-state index contributed by atoms with van der Waals surface area (Å²) in [4.78, 5) is 24.6. The SMILES string of the molecule is O=c1[nH]c(=S)[nH]c2c1CN(Cc1ccc(-c3cccc(Cl)c3Cl)nc1)CC2. The standard InChI is InChI=1S/C19H16Cl2N4OS/c20-14-3-1-2-12(17(14)21)15-5-4-11(8-22-15)9-25-7-6-16-13(10-25)18(26)24-19(27)23-16/h1-5,8H,6-7,9-10H2,(H2,23,24,26,27). The Morgan fingerprint density at radius 3 is 2.81 bits per heavy atom. The van der Waals surface area contributed by atoms with Crippen molar-refractivity contribution in [2.24, 2.45) is 0 Å². The Bertz CT molecular complexity index is 1110. The van der Waals surface area contributed by atoms with E-state index in [4.69, 9.17) is 35.4 Å². The molecule has 0 aliphatic carbocycles. The molecule has 0 bridgehead atoms. The summed E-state index contributed by atoms with van der Waals surface area (Å²) in [5.74, 6) is 0. The van der Waals surface area contributed by atoms with Gasteiger partial charge in [-0.2, -0.15) is 0 Å². The Hall–Kier alpha value is -1.99. The van der Waals surface area contributed by atoms with Crippen molar-refractivity contribution in [2.45, 2.75) is 19.5 Å². The van der Waals surface area contributed by atoms with Crippen LogP contribution in [-0.2, 0) is 19.5 Å². The minimum absolute atomic E-state index is 0.109. The van der Waals surface area contributed by atoms with E-state index in [0.717, 1.165) is 41.0 Å². The molecule has 27 heavy (non-hydrogen) atoms. The van der Waals surface area contributed by atoms with Crippen molar-refractivity contribution in [3.8, 4) is 11.3 Å². The highest BCUT2D eigenvalue weighted by atomic mass is 35.5. The molecule has 0 atom stereocenters. The number of rotatable bonds is 3. The molecule has 8 heteroatoms. The molecule has 1 aliphatic rings. The molecule has 138 valence electrons. The van der Waals surface area contributed by atoms with E-state index in [0.29, 0.717) is 27.9 Å². The minimum Gasteiger partial charge on any atom is -0.335 e. The van der Waals surface area contributed by atoms with E-state index < -0.39 is 0 Å². The normalized spacial score (nSPS) is 14.1. The third kappa shape index (κ3) is 3.84. The molecule has 0 unspecified atom stereocenters. The van der Waals surface area contributed by atoms with E-state index in [9.17, 15) is 4.79 Å². The summed E-state index contributed by atoms with van der Waals surface area (Å²) in [6.07, 6.45) is 2.61. The molecule has 1 aromatic carbocycles. The predicted molar refractivity (Wildman–Crippen MR) is 110 cm³/mol. The van der Waals surface area contributed by atoms with E-state index in [2.05, 4.69) is 19.9 Å². The Balaban J connectivity index is 1.52. The van der Waals surface area contributed by atoms with Crippen molar-refractivity contribution in [1.29, 1.82) is 0 Å². The highest BCUT2D eigenvalue weighted by Crippen LogP contribution is 2.32. The second-order valence-corrected chi connectivity index (χ2v) is 7.67. The number of hydrogen-bond donors (Lipinski definition) is 2. The van der Waals surface area contributed by atoms with Crippen LogP contribution in [0.15, 0.2) is 41.3 Å². The summed E-state index contributed by atoms with van der Waals surface area (Å²) in [7, 11) is 0. The van der Waals surface area contributed by atoms with Crippen LogP contribution in [0, 0.1) is 4.77 Å². The molecule has 0 saturated carbocycles. The van der Waals surface area contributed by atoms with E-state index in [1.54, 1.807) is 6.07 Å². The van der Waals surface area contributed by atoms with Crippen LogP contribution in [0.3, 0.4) is 0 Å². The van der Waals surface area contributed by atoms with Crippen molar-refractivity contribution < 1.29 is 0 Å². The summed E-state index contributed by atoms with van der Waals surface area (Å²) < 4.78 is 0.381. The third-order valence-corrected chi connectivity index (χ3v) is 5.67. The largest absolute Gasteiger partial charge is 0.335 e. The number of nitrogens with zero attached hydrogens (tertiary/aromatic N) is 2. The van der Waals surface area contributed by atoms with E-state index >= 15 is 0 Å². The van der Waals surface area contributed by atoms with Crippen LogP contribution in [0.5, 0.6) is 0 Å². The van der Waals surface area contributed by atoms with E-state index in [1.807, 2.05) is 30.5 Å². The molecule has 0 saturated heterocycles. The van der Waals surface area contributed by atoms with Crippen molar-refractivity contribution in [3.63, 3.8) is 0 Å². The molecule has 3 aromatic rings. The smallest absolute Gasteiger partial charge is 0.256 e. The number of aromatic nitrogens is 3. The second kappa shape index (κ2) is 7.56. The predicted octanol–water partition coefficient (Wildman–Crippen LogP) is 4.36. The summed E-state index contributed by atoms with van der Waals surface area (Å²) >= 11 is 17.4. The average molecular weight is 419 g/mol. The van der Waals surface area contributed by atoms with Gasteiger partial charge in [0.25, 0.3) is 5.56 Å². The molecule has 5 nitrogen and oxygen atoms in total. The van der Waals surface area contributed by atoms with Gasteiger partial charge in [0.05, 0.1) is 21.3 Å². The lowest BCUT2D eigenvalue weighted by Crippen LogP contribution is -2.35. The fraction of sp³-hybridized carbons (Fsp3) is 0.211. The molecule has 1 aliphatic heterocycles. The maximum atomic E-state index is 12.1. The van der Waals surface area contributed by atoms with Gasteiger partial charge in [0.2, 0.25) is 0 Å². The van der Waals surface area contributed by atoms with Gasteiger partial charge in [0.15, 0.2) is 4.77 Å². The number of nitrogens with one attached hydrogen (secondary N) is 2. The van der Waals surface area contributed by atoms with Gasteiger partial charge in [-0.05, 0) is 29.9 Å². The lowest BCUT2D eigenvalue weighted by molar-refractivity contribution is 0.241. The van der Waals surface area contributed by atoms with Crippen LogP contribution < -0.4 is 5.56 Å². The number of H-pyrrole nitrogens is 2. The fourth-order valence-electron chi connectivity index (χ4n) is 3.28. The van der Waals surface area contributed by atoms with Gasteiger partial charge in [-0.15, -0.1) is 0 Å². The lowest BCUT2D eigenvalue weighted by atomic mass is 10.1. The van der Waals surface area contributed by atoms with E-state index in [1.165, 1.54) is 0 Å². The zero-order valence-electron chi connectivity index (χ0n) is 14.3. The van der Waals surface area contributed by atoms with Crippen LogP contribution in [-0.4, -0.2) is 26.4 Å². The van der Waals surface area contributed by atoms with Crippen LogP contribution in [0.25, 0.3) is 11.3 Å². The fourth-order valence-corrected chi connectivity index (χ4v) is 3.90. The molecule has 2 aromatic heterocycles. The Morgan fingerprint density at radius 2 is 2.04 bits per heavy atom. The highest BCUT2D eigenvalue weighted by Gasteiger charge is 2.20. The number of benzene rings is 1. The molecule has 0 radical (unpaired) electrons. The quantitative estimate of drug-likeness (QED) is 0.620. The number of aromatic amines is 2. The van der Waals surface area contributed by atoms with Crippen LogP contribution in [0.4, 0.5) is 0 Å². The molecular weight excluding hydrogens is 403 g/mol. The van der Waals surface area contributed by atoms with Gasteiger partial charge in [0, 0.05) is 43.5 Å². The van der Waals surface area contributed by atoms with Crippen LogP contribution in [0.1, 0.15) is 16.8 Å². The molecular formula is C19H16Cl2N4OS. The molecule has 0 fully saturated rings. The first-order chi connectivity index (χ1) is 13.0. The lowest BCUT2D eigenvalue weighted by Gasteiger charge is -2.27. The maximum absolute atomic E-state index is 12.1. The molecule has 2 N–H and O–H groups in total. The molecule has 0 spiro atoms. The zero-order chi connectivity index (χ0) is 19.0. The van der Waals surface area contributed by atoms with Crippen LogP contribution >= 0.6 is 35.4 Å². The highest BCUT2D eigenvalue weighted by molar-refractivity contribution is 7.71. The van der Waals surface area contributed by atoms with Gasteiger partial charge in [0.1, 0.15) is 0 Å². The zero-order valence-corrected chi connectivity index (χ0v) is 16.6. The number of pyridine rings is 1. The average Bonchev–Trinajstić information content (AvgIpc) is 2.65. The van der Waals surface area contributed by atoms with Crippen molar-refractivity contribution >= 4 is 35.4 Å². The van der Waals surface area contributed by atoms with Gasteiger partial charge in [-0.1, -0.05) is 41.4 Å². The first kappa shape index (κ1) is 18.4. The first-order valence-electron chi connectivity index (χ1n) is 8.47. The first-order valence-corrected chi connectivity index (χ1v) is 9.63. The number of hydrogen-bond acceptors (Lipinski definition) is 4. The number of halogens is 2. The van der Waals surface area contributed by atoms with Crippen LogP contribution in [0.2, 0.25) is 10.0 Å². The van der Waals surface area contributed by atoms with Crippen molar-refractivity contribution in [2.75, 3.05) is 6.54 Å². The van der Waals surface area contributed by atoms with Crippen molar-refractivity contribution in [1.82, 2.24) is 19.9 Å². The van der Waals surface area contributed by atoms with Gasteiger partial charge >= 0.3 is 0 Å². The van der Waals surface area contributed by atoms with Crippen molar-refractivity contribution in [3.05, 3.63) is 78.5 Å². The summed E-state index contributed by atoms with van der Waals surface area (Å²) in [5.41, 5.74) is 4.24. The second-order valence-electron chi connectivity index (χ2n) is 6.48. The van der Waals surface area contributed by atoms with Gasteiger partial charge in [-0.3, -0.25) is 19.7 Å². The van der Waals surface area contributed by atoms with Gasteiger partial charge < -0.3 is 4.98 Å². The molecule has 3 heterocycles. The Morgan fingerprint density at radius 1 is 1.19 bits per heavy atom. The summed E-state index contributed by atoms with van der Waals surface area (Å²) in [6.45, 7) is 2.15. The third-order valence-electron chi connectivity index (χ3n) is 4.65. The number of fused-ring (bicyclic) bond motifs is 1. The molecule has 0 amide bonds.